The van der Waals surface area contributed by atoms with Crippen LogP contribution in [0.4, 0.5) is 10.5 Å². The van der Waals surface area contributed by atoms with Crippen LogP contribution in [0.2, 0.25) is 0 Å². The fraction of sp³-hybridized carbons (Fsp3) is 0.286. The molecule has 0 aliphatic carbocycles. The number of likely N-dealkylation sites (N-methyl/N-ethyl adjacent to an activating group) is 1. The Balaban J connectivity index is 1.48. The highest BCUT2D eigenvalue weighted by Gasteiger charge is 2.21. The number of benzene rings is 2. The Hall–Kier alpha value is -4.04. The van der Waals surface area contributed by atoms with Crippen molar-refractivity contribution in [2.45, 2.75) is 0 Å². The SMILES string of the molecule is CN(C)CCOc1ccc(-c2cn(-c3ccncc3)c3cc(N4CCN(C(=O)O)CC4)ccc23)cc1. The number of anilines is 1. The molecule has 2 aromatic heterocycles. The van der Waals surface area contributed by atoms with Crippen molar-refractivity contribution < 1.29 is 14.6 Å². The second kappa shape index (κ2) is 10.3. The van der Waals surface area contributed by atoms with Crippen LogP contribution in [-0.2, 0) is 0 Å². The zero-order valence-corrected chi connectivity index (χ0v) is 20.7. The van der Waals surface area contributed by atoms with Crippen LogP contribution in [0.5, 0.6) is 5.75 Å². The maximum Gasteiger partial charge on any atom is 0.407 e. The van der Waals surface area contributed by atoms with E-state index in [-0.39, 0.29) is 0 Å². The zero-order valence-electron chi connectivity index (χ0n) is 20.7. The molecule has 186 valence electrons. The predicted molar refractivity (Wildman–Crippen MR) is 142 cm³/mol. The van der Waals surface area contributed by atoms with Gasteiger partial charge in [0.2, 0.25) is 0 Å². The van der Waals surface area contributed by atoms with E-state index in [1.165, 1.54) is 4.90 Å². The third-order valence-corrected chi connectivity index (χ3v) is 6.62. The summed E-state index contributed by atoms with van der Waals surface area (Å²) >= 11 is 0. The van der Waals surface area contributed by atoms with Crippen molar-refractivity contribution in [3.63, 3.8) is 0 Å². The van der Waals surface area contributed by atoms with Crippen LogP contribution in [0.15, 0.2) is 73.2 Å². The summed E-state index contributed by atoms with van der Waals surface area (Å²) < 4.78 is 8.07. The molecule has 1 fully saturated rings. The van der Waals surface area contributed by atoms with Gasteiger partial charge in [-0.25, -0.2) is 4.79 Å². The van der Waals surface area contributed by atoms with Crippen LogP contribution in [0.1, 0.15) is 0 Å². The van der Waals surface area contributed by atoms with Gasteiger partial charge < -0.3 is 29.1 Å². The summed E-state index contributed by atoms with van der Waals surface area (Å²) in [6.45, 7) is 3.89. The molecule has 0 atom stereocenters. The standard InChI is InChI=1S/C28H31N5O3/c1-30(2)17-18-36-24-6-3-21(4-7-24)26-20-33(22-9-11-29-12-10-22)27-19-23(5-8-25(26)27)31-13-15-32(16-14-31)28(34)35/h3-12,19-20H,13-18H2,1-2H3,(H,34,35). The Morgan fingerprint density at radius 1 is 0.972 bits per heavy atom. The lowest BCUT2D eigenvalue weighted by Crippen LogP contribution is -2.48. The van der Waals surface area contributed by atoms with Crippen molar-refractivity contribution in [2.75, 3.05) is 58.3 Å². The van der Waals surface area contributed by atoms with Gasteiger partial charge in [-0.05, 0) is 56.1 Å². The van der Waals surface area contributed by atoms with Gasteiger partial charge in [0.1, 0.15) is 12.4 Å². The van der Waals surface area contributed by atoms with Gasteiger partial charge in [0.05, 0.1) is 5.52 Å². The largest absolute Gasteiger partial charge is 0.492 e. The molecular weight excluding hydrogens is 454 g/mol. The smallest absolute Gasteiger partial charge is 0.407 e. The molecule has 1 saturated heterocycles. The van der Waals surface area contributed by atoms with E-state index >= 15 is 0 Å². The lowest BCUT2D eigenvalue weighted by atomic mass is 10.0. The summed E-state index contributed by atoms with van der Waals surface area (Å²) in [5, 5.41) is 10.4. The first kappa shape index (κ1) is 23.7. The van der Waals surface area contributed by atoms with Gasteiger partial charge in [-0.1, -0.05) is 18.2 Å². The summed E-state index contributed by atoms with van der Waals surface area (Å²) in [5.74, 6) is 0.862. The van der Waals surface area contributed by atoms with Gasteiger partial charge in [-0.2, -0.15) is 0 Å². The number of aromatic nitrogens is 2. The summed E-state index contributed by atoms with van der Waals surface area (Å²) in [7, 11) is 4.07. The molecule has 2 aromatic carbocycles. The molecule has 36 heavy (non-hydrogen) atoms. The van der Waals surface area contributed by atoms with Gasteiger partial charge in [0, 0.05) is 73.6 Å². The van der Waals surface area contributed by atoms with Gasteiger partial charge in [0.25, 0.3) is 0 Å². The molecular formula is C28H31N5O3. The average Bonchev–Trinajstić information content (AvgIpc) is 3.28. The number of pyridine rings is 1. The molecule has 0 unspecified atom stereocenters. The number of fused-ring (bicyclic) bond motifs is 1. The maximum absolute atomic E-state index is 11.3. The molecule has 1 amide bonds. The Bertz CT molecular complexity index is 1330. The minimum absolute atomic E-state index is 0.507. The minimum atomic E-state index is -0.851. The number of rotatable bonds is 7. The summed E-state index contributed by atoms with van der Waals surface area (Å²) in [6, 6.07) is 18.8. The Morgan fingerprint density at radius 2 is 1.69 bits per heavy atom. The fourth-order valence-electron chi connectivity index (χ4n) is 4.59. The van der Waals surface area contributed by atoms with E-state index in [9.17, 15) is 9.90 Å². The number of hydrogen-bond acceptors (Lipinski definition) is 5. The van der Waals surface area contributed by atoms with Gasteiger partial charge in [-0.3, -0.25) is 4.98 Å². The number of amides is 1. The predicted octanol–water partition coefficient (Wildman–Crippen LogP) is 4.43. The highest BCUT2D eigenvalue weighted by molar-refractivity contribution is 5.98. The van der Waals surface area contributed by atoms with Crippen molar-refractivity contribution in [2.24, 2.45) is 0 Å². The highest BCUT2D eigenvalue weighted by atomic mass is 16.5. The first-order valence-electron chi connectivity index (χ1n) is 12.2. The molecule has 3 heterocycles. The second-order valence-corrected chi connectivity index (χ2v) is 9.25. The third-order valence-electron chi connectivity index (χ3n) is 6.62. The summed E-state index contributed by atoms with van der Waals surface area (Å²) in [4.78, 5) is 21.3. The Kier molecular flexibility index (Phi) is 6.77. The quantitative estimate of drug-likeness (QED) is 0.417. The molecule has 1 aliphatic heterocycles. The number of nitrogens with zero attached hydrogens (tertiary/aromatic N) is 5. The van der Waals surface area contributed by atoms with Crippen molar-refractivity contribution in [1.82, 2.24) is 19.4 Å². The van der Waals surface area contributed by atoms with Crippen molar-refractivity contribution in [3.05, 3.63) is 73.2 Å². The molecule has 0 saturated carbocycles. The monoisotopic (exact) mass is 485 g/mol. The molecule has 1 N–H and O–H groups in total. The van der Waals surface area contributed by atoms with E-state index in [4.69, 9.17) is 4.74 Å². The molecule has 0 bridgehead atoms. The molecule has 4 aromatic rings. The third kappa shape index (κ3) is 4.99. The average molecular weight is 486 g/mol. The molecule has 0 spiro atoms. The van der Waals surface area contributed by atoms with E-state index in [0.717, 1.165) is 45.7 Å². The van der Waals surface area contributed by atoms with Crippen molar-refractivity contribution in [1.29, 1.82) is 0 Å². The minimum Gasteiger partial charge on any atom is -0.492 e. The van der Waals surface area contributed by atoms with Gasteiger partial charge in [-0.15, -0.1) is 0 Å². The second-order valence-electron chi connectivity index (χ2n) is 9.25. The fourth-order valence-corrected chi connectivity index (χ4v) is 4.59. The number of carboxylic acid groups (broad SMARTS) is 1. The summed E-state index contributed by atoms with van der Waals surface area (Å²) in [5.41, 5.74) is 5.50. The van der Waals surface area contributed by atoms with Crippen LogP contribution in [0.3, 0.4) is 0 Å². The summed E-state index contributed by atoms with van der Waals surface area (Å²) in [6.07, 6.45) is 4.93. The first-order chi connectivity index (χ1) is 17.5. The Morgan fingerprint density at radius 3 is 2.36 bits per heavy atom. The zero-order chi connectivity index (χ0) is 25.1. The first-order valence-corrected chi connectivity index (χ1v) is 12.2. The maximum atomic E-state index is 11.3. The van der Waals surface area contributed by atoms with Gasteiger partial charge >= 0.3 is 6.09 Å². The topological polar surface area (TPSA) is 74.1 Å². The van der Waals surface area contributed by atoms with Crippen LogP contribution >= 0.6 is 0 Å². The molecule has 8 nitrogen and oxygen atoms in total. The molecule has 5 rings (SSSR count). The van der Waals surface area contributed by atoms with Crippen molar-refractivity contribution >= 4 is 22.7 Å². The van der Waals surface area contributed by atoms with Gasteiger partial charge in [0.15, 0.2) is 0 Å². The molecule has 1 aliphatic rings. The number of ether oxygens (including phenoxy) is 1. The van der Waals surface area contributed by atoms with Crippen molar-refractivity contribution in [3.8, 4) is 22.6 Å². The lowest BCUT2D eigenvalue weighted by molar-refractivity contribution is 0.142. The Labute approximate surface area is 210 Å². The number of hydrogen-bond donors (Lipinski definition) is 1. The number of piperazine rings is 1. The number of carbonyl (C=O) groups is 1. The van der Waals surface area contributed by atoms with E-state index in [2.05, 4.69) is 55.9 Å². The molecule has 0 radical (unpaired) electrons. The normalized spacial score (nSPS) is 14.0. The van der Waals surface area contributed by atoms with E-state index < -0.39 is 6.09 Å². The lowest BCUT2D eigenvalue weighted by Gasteiger charge is -2.34. The van der Waals surface area contributed by atoms with Crippen LogP contribution < -0.4 is 9.64 Å². The van der Waals surface area contributed by atoms with Crippen LogP contribution in [-0.4, -0.2) is 84.0 Å². The van der Waals surface area contributed by atoms with E-state index in [1.54, 1.807) is 12.4 Å². The van der Waals surface area contributed by atoms with E-state index in [0.29, 0.717) is 32.8 Å². The van der Waals surface area contributed by atoms with Crippen LogP contribution in [0, 0.1) is 0 Å². The molecule has 8 heteroatoms. The highest BCUT2D eigenvalue weighted by Crippen LogP contribution is 2.35. The van der Waals surface area contributed by atoms with Crippen LogP contribution in [0.25, 0.3) is 27.7 Å². The van der Waals surface area contributed by atoms with E-state index in [1.807, 2.05) is 38.4 Å².